The van der Waals surface area contributed by atoms with E-state index in [1.807, 2.05) is 54.1 Å². The number of nitrogens with zero attached hydrogens (tertiary/aromatic N) is 2. The predicted octanol–water partition coefficient (Wildman–Crippen LogP) is 3.55. The Balaban J connectivity index is 2.15. The van der Waals surface area contributed by atoms with Gasteiger partial charge >= 0.3 is 5.69 Å². The third-order valence-corrected chi connectivity index (χ3v) is 4.22. The highest BCUT2D eigenvalue weighted by atomic mass is 16.3. The van der Waals surface area contributed by atoms with Crippen molar-refractivity contribution in [3.05, 3.63) is 58.5 Å². The maximum atomic E-state index is 12.6. The summed E-state index contributed by atoms with van der Waals surface area (Å²) in [5.74, 6) is 0. The second-order valence-electron chi connectivity index (χ2n) is 7.55. The minimum Gasteiger partial charge on any atom is -0.392 e. The van der Waals surface area contributed by atoms with Gasteiger partial charge in [-0.1, -0.05) is 45.0 Å². The van der Waals surface area contributed by atoms with Crippen LogP contribution in [0.3, 0.4) is 0 Å². The topological polar surface area (TPSA) is 47.2 Å². The van der Waals surface area contributed by atoms with E-state index < -0.39 is 0 Å². The standard InChI is InChI=1S/C20H24N2O2/c1-20(2,3)13-22-17-9-8-16(11-18(17)21(4)19(22)24)15-7-5-6-14(10-15)12-23/h5-11,23H,12-13H2,1-4H3. The van der Waals surface area contributed by atoms with Crippen LogP contribution in [0.25, 0.3) is 22.2 Å². The Bertz CT molecular complexity index is 942. The van der Waals surface area contributed by atoms with Gasteiger partial charge in [0.1, 0.15) is 0 Å². The highest BCUT2D eigenvalue weighted by Gasteiger charge is 2.18. The van der Waals surface area contributed by atoms with E-state index >= 15 is 0 Å². The largest absolute Gasteiger partial charge is 0.392 e. The molecular formula is C20H24N2O2. The molecule has 24 heavy (non-hydrogen) atoms. The molecule has 0 spiro atoms. The van der Waals surface area contributed by atoms with Crippen LogP contribution in [0.2, 0.25) is 0 Å². The molecule has 1 aromatic heterocycles. The van der Waals surface area contributed by atoms with Gasteiger partial charge in [-0.3, -0.25) is 9.13 Å². The minimum absolute atomic E-state index is 0.0150. The van der Waals surface area contributed by atoms with Crippen molar-refractivity contribution in [3.8, 4) is 11.1 Å². The maximum Gasteiger partial charge on any atom is 0.328 e. The molecule has 2 aromatic carbocycles. The average Bonchev–Trinajstić information content (AvgIpc) is 2.78. The molecule has 3 rings (SSSR count). The van der Waals surface area contributed by atoms with Gasteiger partial charge in [-0.2, -0.15) is 0 Å². The van der Waals surface area contributed by atoms with Gasteiger partial charge in [0.2, 0.25) is 0 Å². The zero-order valence-electron chi connectivity index (χ0n) is 14.7. The van der Waals surface area contributed by atoms with Crippen LogP contribution < -0.4 is 5.69 Å². The van der Waals surface area contributed by atoms with Gasteiger partial charge in [0.05, 0.1) is 17.6 Å². The van der Waals surface area contributed by atoms with Crippen LogP contribution in [0.15, 0.2) is 47.3 Å². The summed E-state index contributed by atoms with van der Waals surface area (Å²) in [5, 5.41) is 9.32. The molecule has 126 valence electrons. The van der Waals surface area contributed by atoms with E-state index in [2.05, 4.69) is 20.8 Å². The van der Waals surface area contributed by atoms with Crippen LogP contribution in [0.5, 0.6) is 0 Å². The molecule has 4 nitrogen and oxygen atoms in total. The van der Waals surface area contributed by atoms with Crippen molar-refractivity contribution in [2.45, 2.75) is 33.9 Å². The fourth-order valence-corrected chi connectivity index (χ4v) is 3.06. The number of rotatable bonds is 3. The second-order valence-corrected chi connectivity index (χ2v) is 7.55. The number of imidazole rings is 1. The molecule has 0 aliphatic heterocycles. The number of aliphatic hydroxyl groups is 1. The Morgan fingerprint density at radius 3 is 2.38 bits per heavy atom. The lowest BCUT2D eigenvalue weighted by Gasteiger charge is -2.18. The number of hydrogen-bond acceptors (Lipinski definition) is 2. The smallest absolute Gasteiger partial charge is 0.328 e. The molecule has 0 bridgehead atoms. The molecule has 4 heteroatoms. The normalized spacial score (nSPS) is 12.0. The highest BCUT2D eigenvalue weighted by molar-refractivity contribution is 5.82. The summed E-state index contributed by atoms with van der Waals surface area (Å²) >= 11 is 0. The van der Waals surface area contributed by atoms with Gasteiger partial charge in [-0.15, -0.1) is 0 Å². The van der Waals surface area contributed by atoms with Crippen LogP contribution in [0.4, 0.5) is 0 Å². The van der Waals surface area contributed by atoms with Crippen molar-refractivity contribution in [1.29, 1.82) is 0 Å². The number of aromatic nitrogens is 2. The van der Waals surface area contributed by atoms with Crippen molar-refractivity contribution in [2.75, 3.05) is 0 Å². The lowest BCUT2D eigenvalue weighted by molar-refractivity contribution is 0.282. The summed E-state index contributed by atoms with van der Waals surface area (Å²) in [4.78, 5) is 12.6. The molecule has 0 amide bonds. The van der Waals surface area contributed by atoms with Gasteiger partial charge < -0.3 is 5.11 Å². The van der Waals surface area contributed by atoms with E-state index in [4.69, 9.17) is 0 Å². The van der Waals surface area contributed by atoms with Crippen LogP contribution in [-0.4, -0.2) is 14.2 Å². The molecule has 0 unspecified atom stereocenters. The minimum atomic E-state index is 0.0150. The lowest BCUT2D eigenvalue weighted by Crippen LogP contribution is -2.27. The number of aliphatic hydroxyl groups excluding tert-OH is 1. The summed E-state index contributed by atoms with van der Waals surface area (Å²) in [6.07, 6.45) is 0. The van der Waals surface area contributed by atoms with Crippen molar-refractivity contribution in [1.82, 2.24) is 9.13 Å². The zero-order valence-corrected chi connectivity index (χ0v) is 14.7. The molecular weight excluding hydrogens is 300 g/mol. The molecule has 1 heterocycles. The molecule has 0 radical (unpaired) electrons. The van der Waals surface area contributed by atoms with E-state index in [0.29, 0.717) is 6.54 Å². The van der Waals surface area contributed by atoms with Crippen molar-refractivity contribution in [3.63, 3.8) is 0 Å². The van der Waals surface area contributed by atoms with E-state index in [9.17, 15) is 9.90 Å². The van der Waals surface area contributed by atoms with Gasteiger partial charge in [0.15, 0.2) is 0 Å². The first-order valence-corrected chi connectivity index (χ1v) is 8.19. The van der Waals surface area contributed by atoms with E-state index in [-0.39, 0.29) is 17.7 Å². The Kier molecular flexibility index (Phi) is 4.10. The van der Waals surface area contributed by atoms with Gasteiger partial charge in [-0.25, -0.2) is 4.79 Å². The summed E-state index contributed by atoms with van der Waals surface area (Å²) in [6.45, 7) is 7.10. The first kappa shape index (κ1) is 16.5. The quantitative estimate of drug-likeness (QED) is 0.801. The Morgan fingerprint density at radius 1 is 1.00 bits per heavy atom. The van der Waals surface area contributed by atoms with Gasteiger partial charge in [0, 0.05) is 13.6 Å². The fourth-order valence-electron chi connectivity index (χ4n) is 3.06. The summed E-state index contributed by atoms with van der Waals surface area (Å²) in [7, 11) is 1.82. The van der Waals surface area contributed by atoms with Gasteiger partial charge in [0.25, 0.3) is 0 Å². The molecule has 0 saturated carbocycles. The Morgan fingerprint density at radius 2 is 1.71 bits per heavy atom. The monoisotopic (exact) mass is 324 g/mol. The number of fused-ring (bicyclic) bond motifs is 1. The molecule has 0 atom stereocenters. The average molecular weight is 324 g/mol. The highest BCUT2D eigenvalue weighted by Crippen LogP contribution is 2.26. The van der Waals surface area contributed by atoms with Crippen LogP contribution in [-0.2, 0) is 20.2 Å². The first-order chi connectivity index (χ1) is 11.3. The molecule has 0 saturated heterocycles. The van der Waals surface area contributed by atoms with E-state index in [1.165, 1.54) is 0 Å². The summed E-state index contributed by atoms with van der Waals surface area (Å²) < 4.78 is 3.56. The third-order valence-electron chi connectivity index (χ3n) is 4.22. The van der Waals surface area contributed by atoms with Crippen molar-refractivity contribution < 1.29 is 5.11 Å². The summed E-state index contributed by atoms with van der Waals surface area (Å²) in [6, 6.07) is 13.9. The van der Waals surface area contributed by atoms with Crippen LogP contribution >= 0.6 is 0 Å². The Hall–Kier alpha value is -2.33. The number of benzene rings is 2. The molecule has 0 aliphatic rings. The number of hydrogen-bond donors (Lipinski definition) is 1. The predicted molar refractivity (Wildman–Crippen MR) is 98.0 cm³/mol. The molecule has 0 fully saturated rings. The van der Waals surface area contributed by atoms with Crippen molar-refractivity contribution in [2.24, 2.45) is 12.5 Å². The zero-order chi connectivity index (χ0) is 17.5. The van der Waals surface area contributed by atoms with E-state index in [1.54, 1.807) is 4.57 Å². The first-order valence-electron chi connectivity index (χ1n) is 8.19. The second kappa shape index (κ2) is 5.95. The molecule has 0 aliphatic carbocycles. The van der Waals surface area contributed by atoms with Crippen LogP contribution in [0.1, 0.15) is 26.3 Å². The van der Waals surface area contributed by atoms with Crippen LogP contribution in [0, 0.1) is 5.41 Å². The number of aryl methyl sites for hydroxylation is 1. The summed E-state index contributed by atoms with van der Waals surface area (Å²) in [5.41, 5.74) is 4.90. The maximum absolute atomic E-state index is 12.6. The lowest BCUT2D eigenvalue weighted by atomic mass is 9.97. The molecule has 3 aromatic rings. The van der Waals surface area contributed by atoms with Gasteiger partial charge in [-0.05, 0) is 40.3 Å². The molecule has 1 N–H and O–H groups in total. The van der Waals surface area contributed by atoms with E-state index in [0.717, 1.165) is 27.7 Å². The third kappa shape index (κ3) is 3.02. The SMILES string of the molecule is Cn1c(=O)n(CC(C)(C)C)c2ccc(-c3cccc(CO)c3)cc21. The Labute approximate surface area is 142 Å². The fraction of sp³-hybridized carbons (Fsp3) is 0.350. The van der Waals surface area contributed by atoms with Crippen molar-refractivity contribution >= 4 is 11.0 Å².